The summed E-state index contributed by atoms with van der Waals surface area (Å²) in [6.45, 7) is 1.66. The van der Waals surface area contributed by atoms with Crippen molar-refractivity contribution in [1.82, 2.24) is 10.6 Å². The second-order valence-electron chi connectivity index (χ2n) is 5.60. The summed E-state index contributed by atoms with van der Waals surface area (Å²) in [5.41, 5.74) is 2.06. The third kappa shape index (κ3) is 3.49. The van der Waals surface area contributed by atoms with Gasteiger partial charge in [0.05, 0.1) is 12.0 Å². The van der Waals surface area contributed by atoms with Gasteiger partial charge in [0.15, 0.2) is 0 Å². The molecule has 2 aromatic carbocycles. The molecule has 1 amide bonds. The molecular weight excluding hydrogens is 296 g/mol. The molecule has 114 valence electrons. The molecule has 3 nitrogen and oxygen atoms in total. The van der Waals surface area contributed by atoms with E-state index < -0.39 is 0 Å². The first kappa shape index (κ1) is 15.1. The van der Waals surface area contributed by atoms with Crippen molar-refractivity contribution in [1.29, 1.82) is 0 Å². The van der Waals surface area contributed by atoms with E-state index >= 15 is 0 Å². The van der Waals surface area contributed by atoms with Crippen molar-refractivity contribution in [3.05, 3.63) is 70.7 Å². The SMILES string of the molecule is O=C(N[C@@H](c1ccccc1)c1cccc(Cl)c1)[C@@H]1CCNC1. The summed E-state index contributed by atoms with van der Waals surface area (Å²) in [5, 5.41) is 7.09. The van der Waals surface area contributed by atoms with E-state index in [9.17, 15) is 4.79 Å². The molecular formula is C18H19ClN2O. The lowest BCUT2D eigenvalue weighted by Gasteiger charge is -2.22. The van der Waals surface area contributed by atoms with Crippen molar-refractivity contribution in [3.8, 4) is 0 Å². The van der Waals surface area contributed by atoms with Crippen molar-refractivity contribution in [2.75, 3.05) is 13.1 Å². The van der Waals surface area contributed by atoms with Gasteiger partial charge in [0, 0.05) is 11.6 Å². The van der Waals surface area contributed by atoms with Crippen LogP contribution in [0.25, 0.3) is 0 Å². The minimum Gasteiger partial charge on any atom is -0.345 e. The van der Waals surface area contributed by atoms with Crippen molar-refractivity contribution in [3.63, 3.8) is 0 Å². The Morgan fingerprint density at radius 1 is 1.14 bits per heavy atom. The van der Waals surface area contributed by atoms with Crippen LogP contribution in [-0.4, -0.2) is 19.0 Å². The van der Waals surface area contributed by atoms with Crippen LogP contribution in [0, 0.1) is 5.92 Å². The Hall–Kier alpha value is -1.84. The van der Waals surface area contributed by atoms with Crippen LogP contribution in [0.15, 0.2) is 54.6 Å². The molecule has 1 aliphatic heterocycles. The Morgan fingerprint density at radius 2 is 1.91 bits per heavy atom. The maximum Gasteiger partial charge on any atom is 0.225 e. The van der Waals surface area contributed by atoms with Crippen LogP contribution in [0.4, 0.5) is 0 Å². The van der Waals surface area contributed by atoms with Gasteiger partial charge in [0.1, 0.15) is 0 Å². The molecule has 1 fully saturated rings. The maximum absolute atomic E-state index is 12.5. The Morgan fingerprint density at radius 3 is 2.59 bits per heavy atom. The van der Waals surface area contributed by atoms with Crippen LogP contribution in [0.5, 0.6) is 0 Å². The molecule has 0 spiro atoms. The number of carbonyl (C=O) groups excluding carboxylic acids is 1. The summed E-state index contributed by atoms with van der Waals surface area (Å²) >= 11 is 6.12. The monoisotopic (exact) mass is 314 g/mol. The number of rotatable bonds is 4. The zero-order valence-corrected chi connectivity index (χ0v) is 13.0. The zero-order chi connectivity index (χ0) is 15.4. The molecule has 0 aromatic heterocycles. The van der Waals surface area contributed by atoms with Gasteiger partial charge in [0.2, 0.25) is 5.91 Å². The highest BCUT2D eigenvalue weighted by Crippen LogP contribution is 2.25. The molecule has 0 bridgehead atoms. The second-order valence-corrected chi connectivity index (χ2v) is 6.03. The third-order valence-corrected chi connectivity index (χ3v) is 4.27. The average Bonchev–Trinajstić information content (AvgIpc) is 3.08. The highest BCUT2D eigenvalue weighted by Gasteiger charge is 2.25. The number of amides is 1. The Kier molecular flexibility index (Phi) is 4.76. The minimum atomic E-state index is -0.173. The number of benzene rings is 2. The highest BCUT2D eigenvalue weighted by atomic mass is 35.5. The van der Waals surface area contributed by atoms with Crippen LogP contribution in [0.2, 0.25) is 5.02 Å². The Labute approximate surface area is 135 Å². The quantitative estimate of drug-likeness (QED) is 0.910. The number of nitrogens with one attached hydrogen (secondary N) is 2. The summed E-state index contributed by atoms with van der Waals surface area (Å²) in [6, 6.07) is 17.5. The van der Waals surface area contributed by atoms with E-state index in [1.807, 2.05) is 54.6 Å². The predicted molar refractivity (Wildman–Crippen MR) is 88.9 cm³/mol. The Balaban J connectivity index is 1.87. The van der Waals surface area contributed by atoms with Crippen molar-refractivity contribution < 1.29 is 4.79 Å². The van der Waals surface area contributed by atoms with E-state index in [0.717, 1.165) is 30.6 Å². The first-order valence-corrected chi connectivity index (χ1v) is 7.93. The van der Waals surface area contributed by atoms with Gasteiger partial charge in [-0.1, -0.05) is 54.1 Å². The van der Waals surface area contributed by atoms with Gasteiger partial charge < -0.3 is 10.6 Å². The molecule has 2 N–H and O–H groups in total. The molecule has 0 unspecified atom stereocenters. The van der Waals surface area contributed by atoms with E-state index in [-0.39, 0.29) is 17.9 Å². The zero-order valence-electron chi connectivity index (χ0n) is 12.3. The number of hydrogen-bond acceptors (Lipinski definition) is 2. The molecule has 1 saturated heterocycles. The lowest BCUT2D eigenvalue weighted by molar-refractivity contribution is -0.124. The van der Waals surface area contributed by atoms with Crippen LogP contribution in [0.3, 0.4) is 0 Å². The normalized spacial score (nSPS) is 18.9. The van der Waals surface area contributed by atoms with Crippen LogP contribution in [0.1, 0.15) is 23.6 Å². The van der Waals surface area contributed by atoms with E-state index in [2.05, 4.69) is 10.6 Å². The lowest BCUT2D eigenvalue weighted by Crippen LogP contribution is -2.35. The predicted octanol–water partition coefficient (Wildman–Crippen LogP) is 3.16. The van der Waals surface area contributed by atoms with Crippen molar-refractivity contribution in [2.24, 2.45) is 5.92 Å². The summed E-state index contributed by atoms with van der Waals surface area (Å²) < 4.78 is 0. The van der Waals surface area contributed by atoms with E-state index in [4.69, 9.17) is 11.6 Å². The van der Waals surface area contributed by atoms with Crippen molar-refractivity contribution in [2.45, 2.75) is 12.5 Å². The molecule has 3 rings (SSSR count). The Bertz CT molecular complexity index is 639. The number of halogens is 1. The fourth-order valence-electron chi connectivity index (χ4n) is 2.83. The molecule has 22 heavy (non-hydrogen) atoms. The van der Waals surface area contributed by atoms with Crippen LogP contribution < -0.4 is 10.6 Å². The topological polar surface area (TPSA) is 41.1 Å². The largest absolute Gasteiger partial charge is 0.345 e. The molecule has 0 radical (unpaired) electrons. The van der Waals surface area contributed by atoms with Gasteiger partial charge in [-0.2, -0.15) is 0 Å². The molecule has 0 saturated carbocycles. The van der Waals surface area contributed by atoms with Gasteiger partial charge in [-0.3, -0.25) is 4.79 Å². The van der Waals surface area contributed by atoms with Crippen molar-refractivity contribution >= 4 is 17.5 Å². The maximum atomic E-state index is 12.5. The molecule has 4 heteroatoms. The lowest BCUT2D eigenvalue weighted by atomic mass is 9.97. The number of carbonyl (C=O) groups is 1. The standard InChI is InChI=1S/C18H19ClN2O/c19-16-8-4-7-14(11-16)17(13-5-2-1-3-6-13)21-18(22)15-9-10-20-12-15/h1-8,11,15,17,20H,9-10,12H2,(H,21,22)/t15-,17+/m1/s1. The smallest absolute Gasteiger partial charge is 0.225 e. The summed E-state index contributed by atoms with van der Waals surface area (Å²) in [4.78, 5) is 12.5. The molecule has 0 aliphatic carbocycles. The van der Waals surface area contributed by atoms with Gasteiger partial charge >= 0.3 is 0 Å². The summed E-state index contributed by atoms with van der Waals surface area (Å²) in [5.74, 6) is 0.143. The van der Waals surface area contributed by atoms with Gasteiger partial charge in [-0.15, -0.1) is 0 Å². The van der Waals surface area contributed by atoms with E-state index in [1.165, 1.54) is 0 Å². The summed E-state index contributed by atoms with van der Waals surface area (Å²) in [7, 11) is 0. The minimum absolute atomic E-state index is 0.0467. The molecule has 1 heterocycles. The molecule has 2 aromatic rings. The first-order valence-electron chi connectivity index (χ1n) is 7.55. The second kappa shape index (κ2) is 6.95. The first-order chi connectivity index (χ1) is 10.7. The van der Waals surface area contributed by atoms with E-state index in [0.29, 0.717) is 5.02 Å². The van der Waals surface area contributed by atoms with Crippen LogP contribution >= 0.6 is 11.6 Å². The molecule has 2 atom stereocenters. The van der Waals surface area contributed by atoms with Gasteiger partial charge in [-0.25, -0.2) is 0 Å². The number of hydrogen-bond donors (Lipinski definition) is 2. The fourth-order valence-corrected chi connectivity index (χ4v) is 3.03. The van der Waals surface area contributed by atoms with Gasteiger partial charge in [-0.05, 0) is 36.2 Å². The van der Waals surface area contributed by atoms with E-state index in [1.54, 1.807) is 0 Å². The van der Waals surface area contributed by atoms with Gasteiger partial charge in [0.25, 0.3) is 0 Å². The summed E-state index contributed by atoms with van der Waals surface area (Å²) in [6.07, 6.45) is 0.892. The van der Waals surface area contributed by atoms with Crippen LogP contribution in [-0.2, 0) is 4.79 Å². The fraction of sp³-hybridized carbons (Fsp3) is 0.278. The third-order valence-electron chi connectivity index (χ3n) is 4.03. The average molecular weight is 315 g/mol. The molecule has 1 aliphatic rings. The highest BCUT2D eigenvalue weighted by molar-refractivity contribution is 6.30.